The van der Waals surface area contributed by atoms with Crippen molar-refractivity contribution < 1.29 is 9.47 Å². The second-order valence-electron chi connectivity index (χ2n) is 5.30. The molecule has 0 bridgehead atoms. The SMILES string of the molecule is CCCNCc1ccccc1N(CCOC)C(C)COC. The largest absolute Gasteiger partial charge is 0.383 e. The maximum Gasteiger partial charge on any atom is 0.0663 e. The van der Waals surface area contributed by atoms with Gasteiger partial charge in [0.15, 0.2) is 0 Å². The van der Waals surface area contributed by atoms with E-state index < -0.39 is 0 Å². The Kier molecular flexibility index (Phi) is 9.06. The fourth-order valence-electron chi connectivity index (χ4n) is 2.44. The Balaban J connectivity index is 2.88. The van der Waals surface area contributed by atoms with Gasteiger partial charge >= 0.3 is 0 Å². The van der Waals surface area contributed by atoms with Gasteiger partial charge in [-0.15, -0.1) is 0 Å². The molecular weight excluding hydrogens is 264 g/mol. The molecule has 1 aromatic carbocycles. The Hall–Kier alpha value is -1.10. The molecule has 0 radical (unpaired) electrons. The van der Waals surface area contributed by atoms with Crippen molar-refractivity contribution in [3.63, 3.8) is 0 Å². The molecule has 0 fully saturated rings. The van der Waals surface area contributed by atoms with E-state index in [0.717, 1.165) is 26.1 Å². The highest BCUT2D eigenvalue weighted by Crippen LogP contribution is 2.22. The van der Waals surface area contributed by atoms with Gasteiger partial charge in [-0.05, 0) is 31.5 Å². The standard InChI is InChI=1S/C17H30N2O2/c1-5-10-18-13-16-8-6-7-9-17(16)19(11-12-20-3)15(2)14-21-4/h6-9,15,18H,5,10-14H2,1-4H3. The number of ether oxygens (including phenoxy) is 2. The predicted octanol–water partition coefficient (Wildman–Crippen LogP) is 2.67. The van der Waals surface area contributed by atoms with Crippen molar-refractivity contribution in [1.29, 1.82) is 0 Å². The molecule has 0 aliphatic rings. The zero-order chi connectivity index (χ0) is 15.5. The van der Waals surface area contributed by atoms with E-state index in [-0.39, 0.29) is 0 Å². The Labute approximate surface area is 129 Å². The molecule has 4 heteroatoms. The van der Waals surface area contributed by atoms with Gasteiger partial charge in [-0.3, -0.25) is 0 Å². The summed E-state index contributed by atoms with van der Waals surface area (Å²) in [6.07, 6.45) is 1.15. The quantitative estimate of drug-likeness (QED) is 0.636. The van der Waals surface area contributed by atoms with E-state index in [1.807, 2.05) is 0 Å². The van der Waals surface area contributed by atoms with Crippen LogP contribution in [0.25, 0.3) is 0 Å². The van der Waals surface area contributed by atoms with E-state index in [1.165, 1.54) is 11.3 Å². The van der Waals surface area contributed by atoms with Crippen LogP contribution in [0.5, 0.6) is 0 Å². The molecule has 1 N–H and O–H groups in total. The molecule has 1 aromatic rings. The van der Waals surface area contributed by atoms with Gasteiger partial charge in [0.2, 0.25) is 0 Å². The van der Waals surface area contributed by atoms with Crippen LogP contribution in [0.3, 0.4) is 0 Å². The van der Waals surface area contributed by atoms with Gasteiger partial charge in [0.1, 0.15) is 0 Å². The first kappa shape index (κ1) is 18.0. The summed E-state index contributed by atoms with van der Waals surface area (Å²) >= 11 is 0. The van der Waals surface area contributed by atoms with Crippen LogP contribution in [0.4, 0.5) is 5.69 Å². The summed E-state index contributed by atoms with van der Waals surface area (Å²) in [6.45, 7) is 8.60. The summed E-state index contributed by atoms with van der Waals surface area (Å²) in [5.74, 6) is 0. The number of rotatable bonds is 11. The average Bonchev–Trinajstić information content (AvgIpc) is 2.49. The molecule has 0 aliphatic heterocycles. The zero-order valence-corrected chi connectivity index (χ0v) is 13.9. The Bertz CT molecular complexity index is 385. The lowest BCUT2D eigenvalue weighted by atomic mass is 10.1. The topological polar surface area (TPSA) is 33.7 Å². The van der Waals surface area contributed by atoms with Crippen LogP contribution in [-0.2, 0) is 16.0 Å². The number of benzene rings is 1. The minimum atomic E-state index is 0.317. The number of methoxy groups -OCH3 is 2. The smallest absolute Gasteiger partial charge is 0.0663 e. The van der Waals surface area contributed by atoms with Crippen molar-refractivity contribution in [1.82, 2.24) is 5.32 Å². The monoisotopic (exact) mass is 294 g/mol. The third kappa shape index (κ3) is 6.04. The highest BCUT2D eigenvalue weighted by atomic mass is 16.5. The van der Waals surface area contributed by atoms with E-state index in [2.05, 4.69) is 48.3 Å². The summed E-state index contributed by atoms with van der Waals surface area (Å²) < 4.78 is 10.6. The molecule has 1 rings (SSSR count). The van der Waals surface area contributed by atoms with Gasteiger partial charge in [0.25, 0.3) is 0 Å². The second kappa shape index (κ2) is 10.6. The maximum absolute atomic E-state index is 5.33. The minimum absolute atomic E-state index is 0.317. The van der Waals surface area contributed by atoms with Gasteiger partial charge in [-0.2, -0.15) is 0 Å². The first-order valence-electron chi connectivity index (χ1n) is 7.77. The molecule has 1 unspecified atom stereocenters. The van der Waals surface area contributed by atoms with Crippen molar-refractivity contribution in [3.05, 3.63) is 29.8 Å². The second-order valence-corrected chi connectivity index (χ2v) is 5.30. The highest BCUT2D eigenvalue weighted by Gasteiger charge is 2.16. The number of hydrogen-bond acceptors (Lipinski definition) is 4. The molecule has 21 heavy (non-hydrogen) atoms. The predicted molar refractivity (Wildman–Crippen MR) is 89.0 cm³/mol. The zero-order valence-electron chi connectivity index (χ0n) is 13.9. The third-order valence-electron chi connectivity index (χ3n) is 3.52. The van der Waals surface area contributed by atoms with Crippen molar-refractivity contribution in [2.24, 2.45) is 0 Å². The summed E-state index contributed by atoms with van der Waals surface area (Å²) in [6, 6.07) is 8.89. The lowest BCUT2D eigenvalue weighted by molar-refractivity contribution is 0.171. The van der Waals surface area contributed by atoms with E-state index in [9.17, 15) is 0 Å². The van der Waals surface area contributed by atoms with Crippen molar-refractivity contribution in [2.75, 3.05) is 45.4 Å². The normalized spacial score (nSPS) is 12.4. The van der Waals surface area contributed by atoms with E-state index in [1.54, 1.807) is 14.2 Å². The van der Waals surface area contributed by atoms with Crippen LogP contribution >= 0.6 is 0 Å². The van der Waals surface area contributed by atoms with Gasteiger partial charge in [0.05, 0.1) is 13.2 Å². The molecule has 0 saturated carbocycles. The van der Waals surface area contributed by atoms with Crippen LogP contribution in [0, 0.1) is 0 Å². The Morgan fingerprint density at radius 3 is 2.62 bits per heavy atom. The Morgan fingerprint density at radius 1 is 1.19 bits per heavy atom. The van der Waals surface area contributed by atoms with Gasteiger partial charge in [-0.1, -0.05) is 25.1 Å². The van der Waals surface area contributed by atoms with E-state index in [0.29, 0.717) is 19.3 Å². The summed E-state index contributed by atoms with van der Waals surface area (Å²) in [5.41, 5.74) is 2.59. The third-order valence-corrected chi connectivity index (χ3v) is 3.52. The number of para-hydroxylation sites is 1. The van der Waals surface area contributed by atoms with Crippen LogP contribution in [-0.4, -0.2) is 46.6 Å². The molecule has 0 heterocycles. The van der Waals surface area contributed by atoms with Gasteiger partial charge in [0, 0.05) is 39.0 Å². The lowest BCUT2D eigenvalue weighted by Crippen LogP contribution is -2.39. The highest BCUT2D eigenvalue weighted by molar-refractivity contribution is 5.54. The maximum atomic E-state index is 5.33. The van der Waals surface area contributed by atoms with Gasteiger partial charge < -0.3 is 19.7 Å². The van der Waals surface area contributed by atoms with Crippen LogP contribution in [0.1, 0.15) is 25.8 Å². The van der Waals surface area contributed by atoms with Crippen LogP contribution in [0.2, 0.25) is 0 Å². The van der Waals surface area contributed by atoms with Gasteiger partial charge in [-0.25, -0.2) is 0 Å². The lowest BCUT2D eigenvalue weighted by Gasteiger charge is -2.32. The molecule has 0 aliphatic carbocycles. The number of nitrogens with zero attached hydrogens (tertiary/aromatic N) is 1. The minimum Gasteiger partial charge on any atom is -0.383 e. The number of anilines is 1. The summed E-state index contributed by atoms with van der Waals surface area (Å²) in [4.78, 5) is 2.37. The molecule has 0 spiro atoms. The Morgan fingerprint density at radius 2 is 1.95 bits per heavy atom. The fourth-order valence-corrected chi connectivity index (χ4v) is 2.44. The molecule has 120 valence electrons. The van der Waals surface area contributed by atoms with Crippen LogP contribution < -0.4 is 10.2 Å². The molecule has 0 saturated heterocycles. The van der Waals surface area contributed by atoms with E-state index >= 15 is 0 Å². The molecule has 0 amide bonds. The van der Waals surface area contributed by atoms with Crippen molar-refractivity contribution in [2.45, 2.75) is 32.9 Å². The van der Waals surface area contributed by atoms with Crippen LogP contribution in [0.15, 0.2) is 24.3 Å². The van der Waals surface area contributed by atoms with Crippen molar-refractivity contribution in [3.8, 4) is 0 Å². The fraction of sp³-hybridized carbons (Fsp3) is 0.647. The molecule has 1 atom stereocenters. The molecular formula is C17H30N2O2. The average molecular weight is 294 g/mol. The van der Waals surface area contributed by atoms with E-state index in [4.69, 9.17) is 9.47 Å². The first-order chi connectivity index (χ1) is 10.2. The first-order valence-corrected chi connectivity index (χ1v) is 7.77. The number of nitrogens with one attached hydrogen (secondary N) is 1. The molecule has 4 nitrogen and oxygen atoms in total. The van der Waals surface area contributed by atoms with Crippen molar-refractivity contribution >= 4 is 5.69 Å². The number of hydrogen-bond donors (Lipinski definition) is 1. The summed E-state index contributed by atoms with van der Waals surface area (Å²) in [5, 5.41) is 3.48. The molecule has 0 aromatic heterocycles. The summed E-state index contributed by atoms with van der Waals surface area (Å²) in [7, 11) is 3.49.